The molecule has 1 aromatic heterocycles. The second-order valence-electron chi connectivity index (χ2n) is 4.08. The van der Waals surface area contributed by atoms with Gasteiger partial charge in [0, 0.05) is 17.6 Å². The number of carbonyl (C=O) groups excluding carboxylic acids is 1. The average Bonchev–Trinajstić information content (AvgIpc) is 2.96. The van der Waals surface area contributed by atoms with E-state index in [2.05, 4.69) is 11.1 Å². The summed E-state index contributed by atoms with van der Waals surface area (Å²) in [6.07, 6.45) is 1.36. The van der Waals surface area contributed by atoms with Gasteiger partial charge in [0.1, 0.15) is 0 Å². The summed E-state index contributed by atoms with van der Waals surface area (Å²) in [5.74, 6) is 0.140. The van der Waals surface area contributed by atoms with Crippen LogP contribution in [0.1, 0.15) is 11.3 Å². The lowest BCUT2D eigenvalue weighted by Gasteiger charge is -2.16. The fraction of sp³-hybridized carbons (Fsp3) is 0.231. The van der Waals surface area contributed by atoms with Gasteiger partial charge in [0.05, 0.1) is 17.6 Å². The summed E-state index contributed by atoms with van der Waals surface area (Å²) in [6.45, 7) is 0.794. The van der Waals surface area contributed by atoms with E-state index in [1.54, 1.807) is 5.51 Å². The van der Waals surface area contributed by atoms with Gasteiger partial charge in [-0.15, -0.1) is 11.3 Å². The average molecular weight is 244 g/mol. The molecule has 0 unspecified atom stereocenters. The number of benzene rings is 1. The van der Waals surface area contributed by atoms with Gasteiger partial charge in [-0.25, -0.2) is 4.98 Å². The van der Waals surface area contributed by atoms with E-state index in [9.17, 15) is 4.79 Å². The van der Waals surface area contributed by atoms with E-state index in [0.29, 0.717) is 6.42 Å². The number of nitrogens with zero attached hydrogens (tertiary/aromatic N) is 2. The molecule has 0 atom stereocenters. The molecule has 86 valence electrons. The standard InChI is InChI=1S/C13H12N2OS/c16-13(7-11-8-17-9-14-11)15-6-5-10-3-1-2-4-12(10)15/h1-4,8-9H,5-7H2. The number of aromatic nitrogens is 1. The van der Waals surface area contributed by atoms with Crippen LogP contribution in [0.4, 0.5) is 5.69 Å². The first-order valence-electron chi connectivity index (χ1n) is 5.60. The zero-order chi connectivity index (χ0) is 11.7. The molecule has 4 heteroatoms. The third kappa shape index (κ3) is 1.96. The van der Waals surface area contributed by atoms with Gasteiger partial charge in [0.25, 0.3) is 0 Å². The molecule has 0 bridgehead atoms. The van der Waals surface area contributed by atoms with Gasteiger partial charge in [-0.3, -0.25) is 4.79 Å². The normalized spacial score (nSPS) is 13.8. The molecule has 3 rings (SSSR count). The van der Waals surface area contributed by atoms with Crippen LogP contribution in [-0.4, -0.2) is 17.4 Å². The number of thiazole rings is 1. The monoisotopic (exact) mass is 244 g/mol. The molecule has 2 heterocycles. The van der Waals surface area contributed by atoms with Crippen molar-refractivity contribution in [3.8, 4) is 0 Å². The van der Waals surface area contributed by atoms with Gasteiger partial charge in [0.15, 0.2) is 0 Å². The van der Waals surface area contributed by atoms with Crippen LogP contribution in [0.5, 0.6) is 0 Å². The van der Waals surface area contributed by atoms with Crippen molar-refractivity contribution in [3.63, 3.8) is 0 Å². The smallest absolute Gasteiger partial charge is 0.233 e. The molecule has 3 nitrogen and oxygen atoms in total. The Bertz CT molecular complexity index is 536. The second kappa shape index (κ2) is 4.30. The predicted octanol–water partition coefficient (Wildman–Crippen LogP) is 2.27. The Balaban J connectivity index is 1.80. The Kier molecular flexibility index (Phi) is 2.65. The largest absolute Gasteiger partial charge is 0.311 e. The Morgan fingerprint density at radius 2 is 2.29 bits per heavy atom. The van der Waals surface area contributed by atoms with E-state index < -0.39 is 0 Å². The van der Waals surface area contributed by atoms with Crippen molar-refractivity contribution < 1.29 is 4.79 Å². The molecular formula is C13H12N2OS. The first kappa shape index (κ1) is 10.5. The van der Waals surface area contributed by atoms with Crippen LogP contribution < -0.4 is 4.90 Å². The lowest BCUT2D eigenvalue weighted by atomic mass is 10.2. The highest BCUT2D eigenvalue weighted by molar-refractivity contribution is 7.07. The van der Waals surface area contributed by atoms with Gasteiger partial charge in [0.2, 0.25) is 5.91 Å². The Labute approximate surface area is 104 Å². The molecule has 0 fully saturated rings. The summed E-state index contributed by atoms with van der Waals surface area (Å²) in [4.78, 5) is 18.2. The molecule has 17 heavy (non-hydrogen) atoms. The SMILES string of the molecule is O=C(Cc1cscn1)N1CCc2ccccc21. The quantitative estimate of drug-likeness (QED) is 0.812. The third-order valence-corrected chi connectivity index (χ3v) is 3.64. The summed E-state index contributed by atoms with van der Waals surface area (Å²) in [5, 5.41) is 1.93. The maximum Gasteiger partial charge on any atom is 0.233 e. The lowest BCUT2D eigenvalue weighted by Crippen LogP contribution is -2.30. The minimum absolute atomic E-state index is 0.140. The van der Waals surface area contributed by atoms with E-state index in [0.717, 1.165) is 24.3 Å². The van der Waals surface area contributed by atoms with E-state index in [-0.39, 0.29) is 5.91 Å². The number of para-hydroxylation sites is 1. The number of fused-ring (bicyclic) bond motifs is 1. The van der Waals surface area contributed by atoms with Crippen molar-refractivity contribution in [3.05, 3.63) is 46.4 Å². The van der Waals surface area contributed by atoms with Crippen molar-refractivity contribution in [2.45, 2.75) is 12.8 Å². The van der Waals surface area contributed by atoms with Gasteiger partial charge in [-0.1, -0.05) is 18.2 Å². The molecule has 1 amide bonds. The summed E-state index contributed by atoms with van der Waals surface area (Å²) in [6, 6.07) is 8.10. The number of amides is 1. The summed E-state index contributed by atoms with van der Waals surface area (Å²) < 4.78 is 0. The minimum atomic E-state index is 0.140. The first-order valence-corrected chi connectivity index (χ1v) is 6.54. The van der Waals surface area contributed by atoms with E-state index >= 15 is 0 Å². The number of hydrogen-bond acceptors (Lipinski definition) is 3. The van der Waals surface area contributed by atoms with Crippen molar-refractivity contribution in [1.29, 1.82) is 0 Å². The number of anilines is 1. The molecule has 0 saturated heterocycles. The van der Waals surface area contributed by atoms with Crippen molar-refractivity contribution in [2.24, 2.45) is 0 Å². The fourth-order valence-corrected chi connectivity index (χ4v) is 2.73. The van der Waals surface area contributed by atoms with Gasteiger partial charge >= 0.3 is 0 Å². The second-order valence-corrected chi connectivity index (χ2v) is 4.80. The number of carbonyl (C=O) groups is 1. The molecule has 0 saturated carbocycles. The Hall–Kier alpha value is -1.68. The highest BCUT2D eigenvalue weighted by atomic mass is 32.1. The zero-order valence-electron chi connectivity index (χ0n) is 9.30. The van der Waals surface area contributed by atoms with Crippen molar-refractivity contribution in [1.82, 2.24) is 4.98 Å². The van der Waals surface area contributed by atoms with Crippen LogP contribution in [0.25, 0.3) is 0 Å². The minimum Gasteiger partial charge on any atom is -0.311 e. The highest BCUT2D eigenvalue weighted by Gasteiger charge is 2.24. The molecule has 0 N–H and O–H groups in total. The molecule has 1 aliphatic heterocycles. The van der Waals surface area contributed by atoms with Crippen LogP contribution >= 0.6 is 11.3 Å². The topological polar surface area (TPSA) is 33.2 Å². The number of hydrogen-bond donors (Lipinski definition) is 0. The van der Waals surface area contributed by atoms with Gasteiger partial charge < -0.3 is 4.90 Å². The van der Waals surface area contributed by atoms with E-state index in [1.807, 2.05) is 28.5 Å². The maximum atomic E-state index is 12.2. The molecular weight excluding hydrogens is 232 g/mol. The van der Waals surface area contributed by atoms with Crippen LogP contribution in [-0.2, 0) is 17.6 Å². The van der Waals surface area contributed by atoms with E-state index in [1.165, 1.54) is 16.9 Å². The zero-order valence-corrected chi connectivity index (χ0v) is 10.1. The molecule has 2 aromatic rings. The molecule has 0 spiro atoms. The van der Waals surface area contributed by atoms with Crippen LogP contribution in [0.2, 0.25) is 0 Å². The molecule has 1 aromatic carbocycles. The van der Waals surface area contributed by atoms with Crippen LogP contribution in [0.15, 0.2) is 35.2 Å². The van der Waals surface area contributed by atoms with E-state index in [4.69, 9.17) is 0 Å². The Morgan fingerprint density at radius 3 is 3.12 bits per heavy atom. The van der Waals surface area contributed by atoms with Gasteiger partial charge in [-0.2, -0.15) is 0 Å². The van der Waals surface area contributed by atoms with Crippen molar-refractivity contribution in [2.75, 3.05) is 11.4 Å². The fourth-order valence-electron chi connectivity index (χ4n) is 2.17. The summed E-state index contributed by atoms with van der Waals surface area (Å²) in [7, 11) is 0. The predicted molar refractivity (Wildman–Crippen MR) is 68.3 cm³/mol. The third-order valence-electron chi connectivity index (χ3n) is 3.00. The Morgan fingerprint density at radius 1 is 1.41 bits per heavy atom. The molecule has 0 aliphatic carbocycles. The summed E-state index contributed by atoms with van der Waals surface area (Å²) >= 11 is 1.53. The number of rotatable bonds is 2. The van der Waals surface area contributed by atoms with Crippen molar-refractivity contribution >= 4 is 22.9 Å². The first-order chi connectivity index (χ1) is 8.34. The van der Waals surface area contributed by atoms with Crippen LogP contribution in [0, 0.1) is 0 Å². The molecule has 0 radical (unpaired) electrons. The lowest BCUT2D eigenvalue weighted by molar-refractivity contribution is -0.117. The van der Waals surface area contributed by atoms with Gasteiger partial charge in [-0.05, 0) is 18.1 Å². The summed E-state index contributed by atoms with van der Waals surface area (Å²) in [5.41, 5.74) is 4.96. The molecule has 1 aliphatic rings. The maximum absolute atomic E-state index is 12.2. The van der Waals surface area contributed by atoms with Crippen LogP contribution in [0.3, 0.4) is 0 Å². The highest BCUT2D eigenvalue weighted by Crippen LogP contribution is 2.27.